The Labute approximate surface area is 112 Å². The van der Waals surface area contributed by atoms with Crippen LogP contribution in [0.25, 0.3) is 0 Å². The van der Waals surface area contributed by atoms with Crippen molar-refractivity contribution < 1.29 is 23.8 Å². The highest BCUT2D eigenvalue weighted by molar-refractivity contribution is 9.10. The van der Waals surface area contributed by atoms with E-state index >= 15 is 0 Å². The Kier molecular flexibility index (Phi) is 4.66. The van der Waals surface area contributed by atoms with E-state index in [1.54, 1.807) is 6.92 Å². The van der Waals surface area contributed by atoms with Gasteiger partial charge in [-0.2, -0.15) is 4.73 Å². The summed E-state index contributed by atoms with van der Waals surface area (Å²) in [7, 11) is 1.16. The zero-order valence-corrected chi connectivity index (χ0v) is 11.7. The number of carbonyl (C=O) groups is 2. The molecule has 0 amide bonds. The number of hydrogen-bond acceptors (Lipinski definition) is 5. The molecular weight excluding hydrogens is 306 g/mol. The van der Waals surface area contributed by atoms with Gasteiger partial charge in [0, 0.05) is 22.9 Å². The molecule has 98 valence electrons. The number of carbonyl (C=O) groups excluding carboxylic acids is 2. The molecule has 0 spiro atoms. The number of pyridine rings is 1. The maximum Gasteiger partial charge on any atom is 0.404 e. The molecule has 0 aromatic carbocycles. The first-order valence-corrected chi connectivity index (χ1v) is 5.93. The Bertz CT molecular complexity index is 501. The van der Waals surface area contributed by atoms with Crippen molar-refractivity contribution in [2.24, 2.45) is 0 Å². The van der Waals surface area contributed by atoms with Gasteiger partial charge in [0.2, 0.25) is 0 Å². The van der Waals surface area contributed by atoms with Gasteiger partial charge in [-0.15, -0.1) is 0 Å². The molecule has 0 radical (unpaired) electrons. The fourth-order valence-corrected chi connectivity index (χ4v) is 2.08. The average Bonchev–Trinajstić information content (AvgIpc) is 2.32. The number of halogens is 1. The quantitative estimate of drug-likeness (QED) is 0.364. The molecule has 18 heavy (non-hydrogen) atoms. The predicted octanol–water partition coefficient (Wildman–Crippen LogP) is 1.36. The van der Waals surface area contributed by atoms with Crippen molar-refractivity contribution in [3.05, 3.63) is 27.1 Å². The van der Waals surface area contributed by atoms with Crippen LogP contribution in [0.2, 0.25) is 0 Å². The van der Waals surface area contributed by atoms with E-state index in [4.69, 9.17) is 4.74 Å². The Hall–Kier alpha value is -1.63. The lowest BCUT2D eigenvalue weighted by molar-refractivity contribution is -0.620. The van der Waals surface area contributed by atoms with Gasteiger partial charge in [-0.05, 0) is 6.42 Å². The number of rotatable bonds is 3. The minimum atomic E-state index is -0.804. The first kappa shape index (κ1) is 14.4. The second-order valence-corrected chi connectivity index (χ2v) is 4.15. The second kappa shape index (κ2) is 5.81. The van der Waals surface area contributed by atoms with Gasteiger partial charge in [0.25, 0.3) is 4.60 Å². The van der Waals surface area contributed by atoms with E-state index in [0.717, 1.165) is 7.11 Å². The highest BCUT2D eigenvalue weighted by atomic mass is 79.9. The van der Waals surface area contributed by atoms with Crippen molar-refractivity contribution >= 4 is 27.9 Å². The smallest absolute Gasteiger partial charge is 0.404 e. The Balaban J connectivity index is 3.45. The van der Waals surface area contributed by atoms with Gasteiger partial charge in [-0.25, -0.2) is 4.79 Å². The number of methoxy groups -OCH3 is 1. The van der Waals surface area contributed by atoms with Crippen molar-refractivity contribution in [3.63, 3.8) is 0 Å². The fourth-order valence-electron chi connectivity index (χ4n) is 1.41. The molecule has 0 saturated carbocycles. The highest BCUT2D eigenvalue weighted by Gasteiger charge is 2.26. The number of nitrogens with zero attached hydrogens (tertiary/aromatic N) is 1. The minimum absolute atomic E-state index is 0.129. The molecular formula is C11H12BrNO5. The standard InChI is InChI=1S/C11H12BrNO5/c1-4-7-9(18-6(2)14)5-8(11(15)17-3)13(16)10(7)12/h5H,4H2,1-3H3. The summed E-state index contributed by atoms with van der Waals surface area (Å²) in [6.07, 6.45) is 0.465. The monoisotopic (exact) mass is 317 g/mol. The van der Waals surface area contributed by atoms with Crippen LogP contribution < -0.4 is 9.47 Å². The number of esters is 2. The maximum absolute atomic E-state index is 11.8. The highest BCUT2D eigenvalue weighted by Crippen LogP contribution is 2.26. The van der Waals surface area contributed by atoms with Gasteiger partial charge in [-0.1, -0.05) is 6.92 Å². The predicted molar refractivity (Wildman–Crippen MR) is 65.1 cm³/mol. The molecule has 0 unspecified atom stereocenters. The van der Waals surface area contributed by atoms with Gasteiger partial charge in [-0.3, -0.25) is 4.79 Å². The summed E-state index contributed by atoms with van der Waals surface area (Å²) < 4.78 is 9.99. The van der Waals surface area contributed by atoms with Gasteiger partial charge < -0.3 is 14.7 Å². The van der Waals surface area contributed by atoms with Crippen molar-refractivity contribution in [2.75, 3.05) is 7.11 Å². The summed E-state index contributed by atoms with van der Waals surface area (Å²) >= 11 is 3.08. The largest absolute Gasteiger partial charge is 0.617 e. The van der Waals surface area contributed by atoms with Gasteiger partial charge in [0.05, 0.1) is 18.7 Å². The third kappa shape index (κ3) is 2.79. The van der Waals surface area contributed by atoms with Crippen molar-refractivity contribution in [1.29, 1.82) is 0 Å². The van der Waals surface area contributed by atoms with Crippen LogP contribution in [0.15, 0.2) is 10.7 Å². The van der Waals surface area contributed by atoms with Crippen molar-refractivity contribution in [1.82, 2.24) is 0 Å². The van der Waals surface area contributed by atoms with E-state index in [2.05, 4.69) is 20.7 Å². The van der Waals surface area contributed by atoms with Crippen LogP contribution in [0.3, 0.4) is 0 Å². The van der Waals surface area contributed by atoms with E-state index in [-0.39, 0.29) is 16.0 Å². The van der Waals surface area contributed by atoms with Crippen LogP contribution in [0, 0.1) is 5.21 Å². The lowest BCUT2D eigenvalue weighted by Crippen LogP contribution is -2.38. The van der Waals surface area contributed by atoms with E-state index < -0.39 is 11.9 Å². The first-order valence-electron chi connectivity index (χ1n) is 5.14. The second-order valence-electron chi connectivity index (χ2n) is 3.40. The number of hydrogen-bond donors (Lipinski definition) is 0. The molecule has 0 bridgehead atoms. The SMILES string of the molecule is CCc1c(OC(C)=O)cc(C(=O)OC)[n+]([O-])c1Br. The van der Waals surface area contributed by atoms with Gasteiger partial charge >= 0.3 is 17.6 Å². The third-order valence-electron chi connectivity index (χ3n) is 2.21. The van der Waals surface area contributed by atoms with Gasteiger partial charge in [0.1, 0.15) is 5.75 Å². The molecule has 0 saturated heterocycles. The molecule has 0 aliphatic heterocycles. The molecule has 1 aromatic rings. The summed E-state index contributed by atoms with van der Waals surface area (Å²) in [6, 6.07) is 1.20. The average molecular weight is 318 g/mol. The molecule has 0 aliphatic carbocycles. The molecule has 6 nitrogen and oxygen atoms in total. The molecule has 7 heteroatoms. The lowest BCUT2D eigenvalue weighted by Gasteiger charge is -2.12. The Morgan fingerprint density at radius 2 is 2.11 bits per heavy atom. The maximum atomic E-state index is 11.8. The summed E-state index contributed by atoms with van der Waals surface area (Å²) in [5.41, 5.74) is 0.255. The molecule has 1 heterocycles. The lowest BCUT2D eigenvalue weighted by atomic mass is 10.2. The molecule has 0 atom stereocenters. The number of ether oxygens (including phenoxy) is 2. The third-order valence-corrected chi connectivity index (χ3v) is 3.01. The van der Waals surface area contributed by atoms with Gasteiger partial charge in [0.15, 0.2) is 0 Å². The normalized spacial score (nSPS) is 10.0. The van der Waals surface area contributed by atoms with Crippen LogP contribution >= 0.6 is 15.9 Å². The van der Waals surface area contributed by atoms with Crippen LogP contribution in [-0.2, 0) is 16.0 Å². The number of aromatic nitrogens is 1. The minimum Gasteiger partial charge on any atom is -0.617 e. The fraction of sp³-hybridized carbons (Fsp3) is 0.364. The van der Waals surface area contributed by atoms with Crippen LogP contribution in [-0.4, -0.2) is 19.0 Å². The summed E-state index contributed by atoms with van der Waals surface area (Å²) in [5.74, 6) is -1.16. The van der Waals surface area contributed by atoms with Crippen LogP contribution in [0.1, 0.15) is 29.9 Å². The molecule has 1 rings (SSSR count). The molecule has 1 aromatic heterocycles. The van der Waals surface area contributed by atoms with E-state index in [0.29, 0.717) is 16.7 Å². The van der Waals surface area contributed by atoms with E-state index in [1.807, 2.05) is 0 Å². The van der Waals surface area contributed by atoms with Crippen LogP contribution in [0.4, 0.5) is 0 Å². The summed E-state index contributed by atoms with van der Waals surface area (Å²) in [6.45, 7) is 3.04. The van der Waals surface area contributed by atoms with E-state index in [1.165, 1.54) is 13.0 Å². The zero-order valence-electron chi connectivity index (χ0n) is 10.2. The summed E-state index contributed by atoms with van der Waals surface area (Å²) in [4.78, 5) is 22.4. The van der Waals surface area contributed by atoms with Crippen LogP contribution in [0.5, 0.6) is 5.75 Å². The van der Waals surface area contributed by atoms with Crippen molar-refractivity contribution in [3.8, 4) is 5.75 Å². The first-order chi connectivity index (χ1) is 8.42. The molecule has 0 aliphatic rings. The molecule has 0 fully saturated rings. The summed E-state index contributed by atoms with van der Waals surface area (Å²) in [5, 5.41) is 11.8. The molecule has 0 N–H and O–H groups in total. The topological polar surface area (TPSA) is 79.5 Å². The zero-order chi connectivity index (χ0) is 13.9. The Morgan fingerprint density at radius 1 is 1.50 bits per heavy atom. The Morgan fingerprint density at radius 3 is 2.56 bits per heavy atom. The van der Waals surface area contributed by atoms with Crippen molar-refractivity contribution in [2.45, 2.75) is 20.3 Å². The van der Waals surface area contributed by atoms with E-state index in [9.17, 15) is 14.8 Å².